The first kappa shape index (κ1) is 9.09. The molecule has 2 rings (SSSR count). The molecule has 0 aromatic carbocycles. The highest BCUT2D eigenvalue weighted by Gasteiger charge is 2.44. The van der Waals surface area contributed by atoms with Crippen molar-refractivity contribution < 1.29 is 0 Å². The standard InChI is InChI=1S/C12H19N/c1-3-4-11-9-12(10-11)5-7-13(2)8-6-12/h1,11H,4-10H2,2H3. The predicted molar refractivity (Wildman–Crippen MR) is 55.3 cm³/mol. The molecule has 1 spiro atoms. The lowest BCUT2D eigenvalue weighted by atomic mass is 9.57. The van der Waals surface area contributed by atoms with Crippen molar-refractivity contribution in [2.45, 2.75) is 32.1 Å². The van der Waals surface area contributed by atoms with E-state index in [4.69, 9.17) is 6.42 Å². The molecule has 0 aromatic rings. The first-order valence-corrected chi connectivity index (χ1v) is 5.36. The molecule has 1 aliphatic heterocycles. The van der Waals surface area contributed by atoms with E-state index in [2.05, 4.69) is 17.9 Å². The van der Waals surface area contributed by atoms with E-state index >= 15 is 0 Å². The Bertz CT molecular complexity index is 210. The molecule has 1 nitrogen and oxygen atoms in total. The molecule has 2 aliphatic rings. The van der Waals surface area contributed by atoms with Crippen LogP contribution in [0.3, 0.4) is 0 Å². The van der Waals surface area contributed by atoms with E-state index in [1.807, 2.05) is 0 Å². The first-order chi connectivity index (χ1) is 6.24. The molecule has 1 saturated heterocycles. The van der Waals surface area contributed by atoms with Gasteiger partial charge in [0.05, 0.1) is 0 Å². The molecule has 0 radical (unpaired) electrons. The first-order valence-electron chi connectivity index (χ1n) is 5.36. The SMILES string of the molecule is C#CCC1CC2(CCN(C)CC2)C1. The number of hydrogen-bond acceptors (Lipinski definition) is 1. The van der Waals surface area contributed by atoms with Gasteiger partial charge in [-0.25, -0.2) is 0 Å². The Hall–Kier alpha value is -0.480. The predicted octanol–water partition coefficient (Wildman–Crippen LogP) is 2.13. The molecular weight excluding hydrogens is 158 g/mol. The zero-order valence-electron chi connectivity index (χ0n) is 8.55. The average Bonchev–Trinajstić information content (AvgIpc) is 2.07. The van der Waals surface area contributed by atoms with E-state index in [0.717, 1.165) is 12.3 Å². The van der Waals surface area contributed by atoms with Crippen LogP contribution in [0.15, 0.2) is 0 Å². The van der Waals surface area contributed by atoms with Crippen LogP contribution in [0.1, 0.15) is 32.1 Å². The third-order valence-electron chi connectivity index (χ3n) is 3.90. The van der Waals surface area contributed by atoms with Gasteiger partial charge in [-0.2, -0.15) is 0 Å². The monoisotopic (exact) mass is 177 g/mol. The van der Waals surface area contributed by atoms with Crippen LogP contribution in [0.5, 0.6) is 0 Å². The minimum absolute atomic E-state index is 0.716. The smallest absolute Gasteiger partial charge is 0.0115 e. The molecule has 1 heteroatoms. The van der Waals surface area contributed by atoms with E-state index in [1.54, 1.807) is 0 Å². The maximum atomic E-state index is 5.32. The van der Waals surface area contributed by atoms with Gasteiger partial charge < -0.3 is 4.90 Å². The van der Waals surface area contributed by atoms with Gasteiger partial charge in [0, 0.05) is 6.42 Å². The van der Waals surface area contributed by atoms with Crippen LogP contribution >= 0.6 is 0 Å². The summed E-state index contributed by atoms with van der Waals surface area (Å²) in [6, 6.07) is 0. The van der Waals surface area contributed by atoms with Crippen molar-refractivity contribution in [1.82, 2.24) is 4.90 Å². The van der Waals surface area contributed by atoms with Gasteiger partial charge in [0.2, 0.25) is 0 Å². The fourth-order valence-corrected chi connectivity index (χ4v) is 2.98. The molecule has 72 valence electrons. The Morgan fingerprint density at radius 1 is 1.38 bits per heavy atom. The van der Waals surface area contributed by atoms with Crippen LogP contribution in [0.2, 0.25) is 0 Å². The van der Waals surface area contributed by atoms with Crippen molar-refractivity contribution in [3.63, 3.8) is 0 Å². The van der Waals surface area contributed by atoms with Gasteiger partial charge in [-0.1, -0.05) is 0 Å². The number of nitrogens with zero attached hydrogens (tertiary/aromatic N) is 1. The highest BCUT2D eigenvalue weighted by molar-refractivity contribution is 5.00. The Morgan fingerprint density at radius 2 is 2.00 bits per heavy atom. The highest BCUT2D eigenvalue weighted by Crippen LogP contribution is 2.53. The fraction of sp³-hybridized carbons (Fsp3) is 0.833. The summed E-state index contributed by atoms with van der Waals surface area (Å²) < 4.78 is 0. The topological polar surface area (TPSA) is 3.24 Å². The molecule has 0 bridgehead atoms. The minimum Gasteiger partial charge on any atom is -0.306 e. The molecule has 0 unspecified atom stereocenters. The number of piperidine rings is 1. The summed E-state index contributed by atoms with van der Waals surface area (Å²) in [5.41, 5.74) is 0.716. The quantitative estimate of drug-likeness (QED) is 0.555. The molecule has 1 aliphatic carbocycles. The Labute approximate surface area is 81.5 Å². The zero-order valence-corrected chi connectivity index (χ0v) is 8.55. The van der Waals surface area contributed by atoms with Crippen molar-refractivity contribution in [1.29, 1.82) is 0 Å². The van der Waals surface area contributed by atoms with Crippen molar-refractivity contribution in [2.24, 2.45) is 11.3 Å². The molecule has 0 N–H and O–H groups in total. The van der Waals surface area contributed by atoms with Crippen molar-refractivity contribution in [3.8, 4) is 12.3 Å². The van der Waals surface area contributed by atoms with E-state index in [1.165, 1.54) is 38.8 Å². The minimum atomic E-state index is 0.716. The zero-order chi connectivity index (χ0) is 9.31. The van der Waals surface area contributed by atoms with Gasteiger partial charge in [0.25, 0.3) is 0 Å². The second kappa shape index (κ2) is 3.35. The molecule has 1 heterocycles. The lowest BCUT2D eigenvalue weighted by Crippen LogP contribution is -2.45. The van der Waals surface area contributed by atoms with E-state index < -0.39 is 0 Å². The third-order valence-corrected chi connectivity index (χ3v) is 3.90. The van der Waals surface area contributed by atoms with Crippen LogP contribution in [-0.2, 0) is 0 Å². The number of terminal acetylenes is 1. The van der Waals surface area contributed by atoms with Gasteiger partial charge in [-0.3, -0.25) is 0 Å². The highest BCUT2D eigenvalue weighted by atomic mass is 15.1. The largest absolute Gasteiger partial charge is 0.306 e. The normalized spacial score (nSPS) is 28.3. The maximum Gasteiger partial charge on any atom is 0.0115 e. The Morgan fingerprint density at radius 3 is 2.54 bits per heavy atom. The summed E-state index contributed by atoms with van der Waals surface area (Å²) in [5.74, 6) is 3.64. The second-order valence-corrected chi connectivity index (χ2v) is 4.99. The van der Waals surface area contributed by atoms with Crippen molar-refractivity contribution >= 4 is 0 Å². The molecular formula is C12H19N. The van der Waals surface area contributed by atoms with E-state index in [9.17, 15) is 0 Å². The second-order valence-electron chi connectivity index (χ2n) is 4.99. The van der Waals surface area contributed by atoms with Gasteiger partial charge in [-0.05, 0) is 57.2 Å². The van der Waals surface area contributed by atoms with Crippen LogP contribution in [0.4, 0.5) is 0 Å². The lowest BCUT2D eigenvalue weighted by molar-refractivity contribution is -0.00456. The van der Waals surface area contributed by atoms with Crippen molar-refractivity contribution in [2.75, 3.05) is 20.1 Å². The molecule has 1 saturated carbocycles. The number of rotatable bonds is 1. The van der Waals surface area contributed by atoms with Crippen molar-refractivity contribution in [3.05, 3.63) is 0 Å². The van der Waals surface area contributed by atoms with Crippen LogP contribution in [-0.4, -0.2) is 25.0 Å². The van der Waals surface area contributed by atoms with Gasteiger partial charge in [-0.15, -0.1) is 12.3 Å². The Kier molecular flexibility index (Phi) is 2.34. The molecule has 0 atom stereocenters. The summed E-state index contributed by atoms with van der Waals surface area (Å²) >= 11 is 0. The van der Waals surface area contributed by atoms with Gasteiger partial charge in [0.15, 0.2) is 0 Å². The van der Waals surface area contributed by atoms with Crippen LogP contribution in [0, 0.1) is 23.7 Å². The van der Waals surface area contributed by atoms with Crippen LogP contribution in [0.25, 0.3) is 0 Å². The molecule has 13 heavy (non-hydrogen) atoms. The number of likely N-dealkylation sites (tertiary alicyclic amines) is 1. The van der Waals surface area contributed by atoms with Gasteiger partial charge in [0.1, 0.15) is 0 Å². The summed E-state index contributed by atoms with van der Waals surface area (Å²) in [7, 11) is 2.23. The van der Waals surface area contributed by atoms with E-state index in [0.29, 0.717) is 5.41 Å². The lowest BCUT2D eigenvalue weighted by Gasteiger charge is -2.51. The Balaban J connectivity index is 1.80. The maximum absolute atomic E-state index is 5.32. The summed E-state index contributed by atoms with van der Waals surface area (Å²) in [6.07, 6.45) is 12.0. The molecule has 0 aromatic heterocycles. The summed E-state index contributed by atoms with van der Waals surface area (Å²) in [5, 5.41) is 0. The average molecular weight is 177 g/mol. The summed E-state index contributed by atoms with van der Waals surface area (Å²) in [4.78, 5) is 2.44. The third kappa shape index (κ3) is 1.74. The summed E-state index contributed by atoms with van der Waals surface area (Å²) in [6.45, 7) is 2.59. The number of hydrogen-bond donors (Lipinski definition) is 0. The molecule has 2 fully saturated rings. The fourth-order valence-electron chi connectivity index (χ4n) is 2.98. The van der Waals surface area contributed by atoms with E-state index in [-0.39, 0.29) is 0 Å². The van der Waals surface area contributed by atoms with Crippen LogP contribution < -0.4 is 0 Å². The van der Waals surface area contributed by atoms with Gasteiger partial charge >= 0.3 is 0 Å². The molecule has 0 amide bonds.